The molecular weight excluding hydrogens is 348 g/mol. The van der Waals surface area contributed by atoms with Crippen LogP contribution < -0.4 is 5.43 Å². The number of hydrazone groups is 1. The number of benzene rings is 1. The summed E-state index contributed by atoms with van der Waals surface area (Å²) in [5.74, 6) is 0. The minimum absolute atomic E-state index is 0.0659. The first-order valence-electron chi connectivity index (χ1n) is 7.24. The third-order valence-corrected chi connectivity index (χ3v) is 3.54. The molecule has 0 heterocycles. The molecular formula is C14H16N6O6. The van der Waals surface area contributed by atoms with Crippen LogP contribution in [0.15, 0.2) is 23.3 Å². The first kappa shape index (κ1) is 20.4. The summed E-state index contributed by atoms with van der Waals surface area (Å²) in [5, 5.41) is 45.6. The maximum Gasteiger partial charge on any atom is 0.302 e. The summed E-state index contributed by atoms with van der Waals surface area (Å²) >= 11 is 0. The van der Waals surface area contributed by atoms with Gasteiger partial charge in [-0.15, -0.1) is 0 Å². The molecule has 0 radical (unpaired) electrons. The fraction of sp³-hybridized carbons (Fsp3) is 0.429. The SMILES string of the molecule is C/C(CC(C)(C)[C@H](C#N)[N+](=O)[O-])=N\Nc1ccc([N+](=O)[O-])cc1[N+](=O)[O-]. The molecule has 0 aliphatic carbocycles. The van der Waals surface area contributed by atoms with E-state index in [0.29, 0.717) is 5.71 Å². The molecule has 0 aliphatic heterocycles. The van der Waals surface area contributed by atoms with E-state index in [4.69, 9.17) is 5.26 Å². The molecule has 0 saturated heterocycles. The largest absolute Gasteiger partial charge is 0.302 e. The highest BCUT2D eigenvalue weighted by Crippen LogP contribution is 2.30. The van der Waals surface area contributed by atoms with E-state index in [9.17, 15) is 30.3 Å². The van der Waals surface area contributed by atoms with Crippen LogP contribution in [0.5, 0.6) is 0 Å². The van der Waals surface area contributed by atoms with Crippen molar-refractivity contribution < 1.29 is 14.8 Å². The molecule has 0 aliphatic rings. The van der Waals surface area contributed by atoms with Crippen molar-refractivity contribution in [1.82, 2.24) is 0 Å². The number of anilines is 1. The molecule has 26 heavy (non-hydrogen) atoms. The Bertz CT molecular complexity index is 813. The van der Waals surface area contributed by atoms with Crippen LogP contribution in [-0.2, 0) is 0 Å². The van der Waals surface area contributed by atoms with Crippen molar-refractivity contribution in [2.45, 2.75) is 33.2 Å². The van der Waals surface area contributed by atoms with Crippen LogP contribution in [0.25, 0.3) is 0 Å². The van der Waals surface area contributed by atoms with E-state index in [1.165, 1.54) is 13.8 Å². The second-order valence-electron chi connectivity index (χ2n) is 6.16. The van der Waals surface area contributed by atoms with E-state index in [1.807, 2.05) is 0 Å². The third-order valence-electron chi connectivity index (χ3n) is 3.54. The Hall–Kier alpha value is -3.62. The zero-order valence-corrected chi connectivity index (χ0v) is 14.2. The Balaban J connectivity index is 3.03. The van der Waals surface area contributed by atoms with Crippen LogP contribution in [0.3, 0.4) is 0 Å². The molecule has 138 valence electrons. The second-order valence-corrected chi connectivity index (χ2v) is 6.16. The zero-order chi connectivity index (χ0) is 20.1. The Morgan fingerprint density at radius 3 is 2.35 bits per heavy atom. The molecule has 0 fully saturated rings. The Morgan fingerprint density at radius 1 is 1.27 bits per heavy atom. The number of rotatable bonds is 8. The lowest BCUT2D eigenvalue weighted by Crippen LogP contribution is -2.36. The smallest absolute Gasteiger partial charge is 0.272 e. The predicted molar refractivity (Wildman–Crippen MR) is 91.3 cm³/mol. The van der Waals surface area contributed by atoms with Crippen molar-refractivity contribution in [2.24, 2.45) is 10.5 Å². The molecule has 12 nitrogen and oxygen atoms in total. The lowest BCUT2D eigenvalue weighted by Gasteiger charge is -2.23. The summed E-state index contributed by atoms with van der Waals surface area (Å²) in [5.41, 5.74) is 0.751. The van der Waals surface area contributed by atoms with Gasteiger partial charge in [0.1, 0.15) is 11.8 Å². The quantitative estimate of drug-likeness (QED) is 0.415. The Morgan fingerprint density at radius 2 is 1.88 bits per heavy atom. The summed E-state index contributed by atoms with van der Waals surface area (Å²) in [4.78, 5) is 30.5. The number of nitriles is 1. The fourth-order valence-electron chi connectivity index (χ4n) is 2.34. The van der Waals surface area contributed by atoms with Crippen LogP contribution in [-0.4, -0.2) is 26.5 Å². The van der Waals surface area contributed by atoms with Crippen LogP contribution >= 0.6 is 0 Å². The van der Waals surface area contributed by atoms with Gasteiger partial charge in [0.05, 0.1) is 21.3 Å². The molecule has 0 spiro atoms. The van der Waals surface area contributed by atoms with Gasteiger partial charge in [-0.25, -0.2) is 0 Å². The predicted octanol–water partition coefficient (Wildman–Crippen LogP) is 2.88. The highest BCUT2D eigenvalue weighted by Gasteiger charge is 2.39. The highest BCUT2D eigenvalue weighted by atomic mass is 16.6. The first-order valence-corrected chi connectivity index (χ1v) is 7.24. The zero-order valence-electron chi connectivity index (χ0n) is 14.2. The lowest BCUT2D eigenvalue weighted by atomic mass is 9.81. The standard InChI is InChI=1S/C14H16N6O6/c1-9(7-14(2,3)13(8-15)20(25)26)16-17-11-5-4-10(18(21)22)6-12(11)19(23)24/h4-6,13,17H,7H2,1-3H3/b16-9+/t13-/m0/s1. The van der Waals surface area contributed by atoms with E-state index >= 15 is 0 Å². The minimum atomic E-state index is -1.44. The molecule has 1 aromatic rings. The van der Waals surface area contributed by atoms with Gasteiger partial charge in [-0.05, 0) is 19.4 Å². The van der Waals surface area contributed by atoms with Gasteiger partial charge in [0.25, 0.3) is 5.69 Å². The van der Waals surface area contributed by atoms with Crippen LogP contribution in [0.2, 0.25) is 0 Å². The van der Waals surface area contributed by atoms with Gasteiger partial charge < -0.3 is 0 Å². The average Bonchev–Trinajstić information content (AvgIpc) is 2.51. The van der Waals surface area contributed by atoms with Crippen molar-refractivity contribution >= 4 is 22.8 Å². The molecule has 0 saturated carbocycles. The molecule has 1 rings (SSSR count). The van der Waals surface area contributed by atoms with Crippen LogP contribution in [0, 0.1) is 47.1 Å². The molecule has 1 N–H and O–H groups in total. The van der Waals surface area contributed by atoms with Crippen LogP contribution in [0.1, 0.15) is 27.2 Å². The number of nitrogens with one attached hydrogen (secondary N) is 1. The summed E-state index contributed by atoms with van der Waals surface area (Å²) in [6.07, 6.45) is 0.0833. The van der Waals surface area contributed by atoms with Crippen molar-refractivity contribution in [1.29, 1.82) is 5.26 Å². The number of nitro groups is 3. The van der Waals surface area contributed by atoms with Gasteiger partial charge in [-0.2, -0.15) is 10.4 Å². The van der Waals surface area contributed by atoms with E-state index < -0.39 is 37.6 Å². The first-order chi connectivity index (χ1) is 12.0. The molecule has 1 atom stereocenters. The van der Waals surface area contributed by atoms with Gasteiger partial charge in [-0.3, -0.25) is 35.8 Å². The molecule has 0 amide bonds. The second kappa shape index (κ2) is 7.97. The van der Waals surface area contributed by atoms with Gasteiger partial charge in [0, 0.05) is 16.7 Å². The maximum atomic E-state index is 11.1. The summed E-state index contributed by atoms with van der Waals surface area (Å²) in [7, 11) is 0. The topological polar surface area (TPSA) is 178 Å². The number of hydrogen-bond donors (Lipinski definition) is 1. The number of nitro benzene ring substituents is 2. The van der Waals surface area contributed by atoms with Crippen molar-refractivity contribution in [3.8, 4) is 6.07 Å². The van der Waals surface area contributed by atoms with E-state index in [2.05, 4.69) is 10.5 Å². The van der Waals surface area contributed by atoms with E-state index in [0.717, 1.165) is 18.2 Å². The lowest BCUT2D eigenvalue weighted by molar-refractivity contribution is -0.524. The molecule has 0 unspecified atom stereocenters. The minimum Gasteiger partial charge on any atom is -0.272 e. The molecule has 12 heteroatoms. The molecule has 1 aromatic carbocycles. The average molecular weight is 364 g/mol. The van der Waals surface area contributed by atoms with Gasteiger partial charge in [-0.1, -0.05) is 13.8 Å². The normalized spacial score (nSPS) is 12.8. The highest BCUT2D eigenvalue weighted by molar-refractivity contribution is 5.83. The third kappa shape index (κ3) is 4.94. The fourth-order valence-corrected chi connectivity index (χ4v) is 2.34. The van der Waals surface area contributed by atoms with Gasteiger partial charge in [0.2, 0.25) is 0 Å². The number of non-ortho nitro benzene ring substituents is 1. The van der Waals surface area contributed by atoms with Crippen molar-refractivity contribution in [3.05, 3.63) is 48.5 Å². The van der Waals surface area contributed by atoms with Gasteiger partial charge in [0.15, 0.2) is 0 Å². The Labute approximate surface area is 147 Å². The van der Waals surface area contributed by atoms with Gasteiger partial charge >= 0.3 is 11.7 Å². The van der Waals surface area contributed by atoms with E-state index in [1.54, 1.807) is 13.0 Å². The summed E-state index contributed by atoms with van der Waals surface area (Å²) < 4.78 is 0. The van der Waals surface area contributed by atoms with Crippen molar-refractivity contribution in [2.75, 3.05) is 5.43 Å². The number of hydrogen-bond acceptors (Lipinski definition) is 9. The maximum absolute atomic E-state index is 11.1. The summed E-state index contributed by atoms with van der Waals surface area (Å²) in [6, 6.07) is 3.22. The molecule has 0 bridgehead atoms. The number of nitrogens with zero attached hydrogens (tertiary/aromatic N) is 5. The monoisotopic (exact) mass is 364 g/mol. The summed E-state index contributed by atoms with van der Waals surface area (Å²) in [6.45, 7) is 4.62. The van der Waals surface area contributed by atoms with Crippen molar-refractivity contribution in [3.63, 3.8) is 0 Å². The molecule has 0 aromatic heterocycles. The Kier molecular flexibility index (Phi) is 6.26. The van der Waals surface area contributed by atoms with Crippen LogP contribution in [0.4, 0.5) is 17.1 Å². The van der Waals surface area contributed by atoms with E-state index in [-0.39, 0.29) is 12.1 Å².